The first-order valence-electron chi connectivity index (χ1n) is 8.22. The number of amides is 2. The Bertz CT molecular complexity index is 774. The predicted octanol–water partition coefficient (Wildman–Crippen LogP) is 4.33. The zero-order valence-corrected chi connectivity index (χ0v) is 15.6. The molecule has 0 radical (unpaired) electrons. The van der Waals surface area contributed by atoms with Gasteiger partial charge in [0.1, 0.15) is 0 Å². The van der Waals surface area contributed by atoms with Gasteiger partial charge in [-0.15, -0.1) is 0 Å². The van der Waals surface area contributed by atoms with E-state index < -0.39 is 0 Å². The van der Waals surface area contributed by atoms with Crippen molar-refractivity contribution in [1.82, 2.24) is 4.90 Å². The number of nitrogens with zero attached hydrogens (tertiary/aromatic N) is 1. The molecule has 0 unspecified atom stereocenters. The molecule has 2 rings (SSSR count). The molecule has 25 heavy (non-hydrogen) atoms. The van der Waals surface area contributed by atoms with Crippen molar-refractivity contribution in [3.8, 4) is 0 Å². The molecule has 2 aromatic rings. The summed E-state index contributed by atoms with van der Waals surface area (Å²) in [6, 6.07) is 13.4. The molecule has 0 aliphatic carbocycles. The largest absolute Gasteiger partial charge is 0.338 e. The van der Waals surface area contributed by atoms with Crippen LogP contribution in [0, 0.1) is 13.8 Å². The van der Waals surface area contributed by atoms with Crippen molar-refractivity contribution >= 4 is 29.1 Å². The maximum Gasteiger partial charge on any atom is 0.226 e. The molecule has 132 valence electrons. The van der Waals surface area contributed by atoms with E-state index >= 15 is 0 Å². The van der Waals surface area contributed by atoms with Crippen molar-refractivity contribution in [2.75, 3.05) is 11.9 Å². The fourth-order valence-electron chi connectivity index (χ4n) is 2.56. The lowest BCUT2D eigenvalue weighted by Crippen LogP contribution is -2.31. The Morgan fingerprint density at radius 1 is 1.12 bits per heavy atom. The van der Waals surface area contributed by atoms with Crippen LogP contribution in [-0.4, -0.2) is 23.3 Å². The molecule has 0 aliphatic rings. The number of hydrogen-bond donors (Lipinski definition) is 1. The number of carbonyl (C=O) groups excluding carboxylic acids is 2. The van der Waals surface area contributed by atoms with Crippen LogP contribution in [0.4, 0.5) is 5.69 Å². The lowest BCUT2D eigenvalue weighted by molar-refractivity contribution is -0.129. The van der Waals surface area contributed by atoms with E-state index in [-0.39, 0.29) is 18.2 Å². The van der Waals surface area contributed by atoms with Crippen molar-refractivity contribution in [3.63, 3.8) is 0 Å². The molecule has 0 saturated heterocycles. The minimum absolute atomic E-state index is 0.0479. The van der Waals surface area contributed by atoms with Gasteiger partial charge in [0.2, 0.25) is 11.8 Å². The second-order valence-corrected chi connectivity index (χ2v) is 6.62. The highest BCUT2D eigenvalue weighted by Gasteiger charge is 2.13. The van der Waals surface area contributed by atoms with Crippen LogP contribution in [0.1, 0.15) is 30.0 Å². The molecule has 0 aromatic heterocycles. The van der Waals surface area contributed by atoms with E-state index in [4.69, 9.17) is 11.6 Å². The van der Waals surface area contributed by atoms with Gasteiger partial charge in [-0.05, 0) is 37.1 Å². The standard InChI is InChI=1S/C20H23ClN2O2/c1-14-5-4-6-17(11-14)13-23(16(3)24)10-9-20(25)22-19-12-18(21)8-7-15(19)2/h4-8,11-12H,9-10,13H2,1-3H3,(H,22,25). The summed E-state index contributed by atoms with van der Waals surface area (Å²) in [5, 5.41) is 3.43. The molecular weight excluding hydrogens is 336 g/mol. The molecule has 0 spiro atoms. The maximum atomic E-state index is 12.2. The van der Waals surface area contributed by atoms with Crippen molar-refractivity contribution in [2.45, 2.75) is 33.7 Å². The smallest absolute Gasteiger partial charge is 0.226 e. The summed E-state index contributed by atoms with van der Waals surface area (Å²) in [5.41, 5.74) is 3.85. The average Bonchev–Trinajstić information content (AvgIpc) is 2.54. The van der Waals surface area contributed by atoms with Gasteiger partial charge in [-0.2, -0.15) is 0 Å². The van der Waals surface area contributed by atoms with E-state index in [0.29, 0.717) is 23.8 Å². The van der Waals surface area contributed by atoms with Crippen LogP contribution in [0.25, 0.3) is 0 Å². The van der Waals surface area contributed by atoms with E-state index in [1.54, 1.807) is 17.0 Å². The molecule has 0 bridgehead atoms. The fraction of sp³-hybridized carbons (Fsp3) is 0.300. The predicted molar refractivity (Wildman–Crippen MR) is 102 cm³/mol. The number of rotatable bonds is 6. The topological polar surface area (TPSA) is 49.4 Å². The van der Waals surface area contributed by atoms with Crippen molar-refractivity contribution in [1.29, 1.82) is 0 Å². The van der Waals surface area contributed by atoms with Crippen molar-refractivity contribution < 1.29 is 9.59 Å². The SMILES string of the molecule is CC(=O)N(CCC(=O)Nc1cc(Cl)ccc1C)Cc1cccc(C)c1. The van der Waals surface area contributed by atoms with Gasteiger partial charge in [-0.1, -0.05) is 47.5 Å². The first kappa shape index (κ1) is 19.0. The average molecular weight is 359 g/mol. The fourth-order valence-corrected chi connectivity index (χ4v) is 2.73. The van der Waals surface area contributed by atoms with Crippen LogP contribution < -0.4 is 5.32 Å². The molecule has 0 aliphatic heterocycles. The van der Waals surface area contributed by atoms with Crippen LogP contribution in [-0.2, 0) is 16.1 Å². The Kier molecular flexibility index (Phi) is 6.59. The zero-order chi connectivity index (χ0) is 18.4. The first-order valence-corrected chi connectivity index (χ1v) is 8.60. The summed E-state index contributed by atoms with van der Waals surface area (Å²) in [6.45, 7) is 6.32. The summed E-state index contributed by atoms with van der Waals surface area (Å²) in [5.74, 6) is -0.186. The number of benzene rings is 2. The van der Waals surface area contributed by atoms with Crippen LogP contribution >= 0.6 is 11.6 Å². The summed E-state index contributed by atoms with van der Waals surface area (Å²) in [7, 11) is 0. The number of hydrogen-bond acceptors (Lipinski definition) is 2. The number of aryl methyl sites for hydroxylation is 2. The highest BCUT2D eigenvalue weighted by Crippen LogP contribution is 2.20. The molecule has 0 fully saturated rings. The molecule has 2 aromatic carbocycles. The Morgan fingerprint density at radius 2 is 1.88 bits per heavy atom. The van der Waals surface area contributed by atoms with Gasteiger partial charge < -0.3 is 10.2 Å². The summed E-state index contributed by atoms with van der Waals surface area (Å²) < 4.78 is 0. The van der Waals surface area contributed by atoms with Crippen LogP contribution in [0.5, 0.6) is 0 Å². The monoisotopic (exact) mass is 358 g/mol. The van der Waals surface area contributed by atoms with Gasteiger partial charge in [-0.25, -0.2) is 0 Å². The van der Waals surface area contributed by atoms with E-state index in [2.05, 4.69) is 5.32 Å². The van der Waals surface area contributed by atoms with Gasteiger partial charge in [0.15, 0.2) is 0 Å². The molecule has 2 amide bonds. The lowest BCUT2D eigenvalue weighted by Gasteiger charge is -2.21. The van der Waals surface area contributed by atoms with Crippen LogP contribution in [0.3, 0.4) is 0 Å². The molecule has 4 nitrogen and oxygen atoms in total. The molecular formula is C20H23ClN2O2. The second kappa shape index (κ2) is 8.67. The summed E-state index contributed by atoms with van der Waals surface area (Å²) in [6.07, 6.45) is 0.233. The Labute approximate surface area is 153 Å². The quantitative estimate of drug-likeness (QED) is 0.835. The Morgan fingerprint density at radius 3 is 2.56 bits per heavy atom. The van der Waals surface area contributed by atoms with Crippen molar-refractivity contribution in [3.05, 3.63) is 64.2 Å². The van der Waals surface area contributed by atoms with Gasteiger partial charge in [0.25, 0.3) is 0 Å². The van der Waals surface area contributed by atoms with E-state index in [1.807, 2.05) is 44.2 Å². The first-order chi connectivity index (χ1) is 11.8. The van der Waals surface area contributed by atoms with E-state index in [1.165, 1.54) is 6.92 Å². The maximum absolute atomic E-state index is 12.2. The van der Waals surface area contributed by atoms with E-state index in [0.717, 1.165) is 16.7 Å². The van der Waals surface area contributed by atoms with Crippen LogP contribution in [0.2, 0.25) is 5.02 Å². The number of carbonyl (C=O) groups is 2. The third kappa shape index (κ3) is 5.91. The minimum atomic E-state index is -0.138. The molecule has 0 atom stereocenters. The molecule has 0 saturated carbocycles. The normalized spacial score (nSPS) is 10.4. The highest BCUT2D eigenvalue weighted by molar-refractivity contribution is 6.31. The molecule has 1 N–H and O–H groups in total. The van der Waals surface area contributed by atoms with Crippen LogP contribution in [0.15, 0.2) is 42.5 Å². The summed E-state index contributed by atoms with van der Waals surface area (Å²) >= 11 is 5.97. The van der Waals surface area contributed by atoms with Gasteiger partial charge in [0, 0.05) is 37.1 Å². The number of anilines is 1. The number of halogens is 1. The third-order valence-corrected chi connectivity index (χ3v) is 4.22. The molecule has 0 heterocycles. The summed E-state index contributed by atoms with van der Waals surface area (Å²) in [4.78, 5) is 25.8. The molecule has 5 heteroatoms. The Hall–Kier alpha value is -2.33. The third-order valence-electron chi connectivity index (χ3n) is 3.98. The van der Waals surface area contributed by atoms with Gasteiger partial charge in [-0.3, -0.25) is 9.59 Å². The van der Waals surface area contributed by atoms with Gasteiger partial charge >= 0.3 is 0 Å². The Balaban J connectivity index is 1.95. The van der Waals surface area contributed by atoms with E-state index in [9.17, 15) is 9.59 Å². The highest BCUT2D eigenvalue weighted by atomic mass is 35.5. The van der Waals surface area contributed by atoms with Crippen molar-refractivity contribution in [2.24, 2.45) is 0 Å². The minimum Gasteiger partial charge on any atom is -0.338 e. The lowest BCUT2D eigenvalue weighted by atomic mass is 10.1. The number of nitrogens with one attached hydrogen (secondary N) is 1. The zero-order valence-electron chi connectivity index (χ0n) is 14.8. The van der Waals surface area contributed by atoms with Gasteiger partial charge in [0.05, 0.1) is 0 Å². The second-order valence-electron chi connectivity index (χ2n) is 6.19.